The number of aromatic nitrogens is 2. The van der Waals surface area contributed by atoms with Gasteiger partial charge < -0.3 is 10.3 Å². The number of aromatic amines is 1. The molecule has 1 aliphatic rings. The first-order valence-corrected chi connectivity index (χ1v) is 7.78. The summed E-state index contributed by atoms with van der Waals surface area (Å²) in [6.45, 7) is 4.67. The van der Waals surface area contributed by atoms with E-state index in [9.17, 15) is 4.79 Å². The third-order valence-electron chi connectivity index (χ3n) is 4.67. The van der Waals surface area contributed by atoms with Crippen LogP contribution in [0.3, 0.4) is 0 Å². The van der Waals surface area contributed by atoms with Crippen LogP contribution in [0.4, 0.5) is 5.69 Å². The van der Waals surface area contributed by atoms with Crippen molar-refractivity contribution in [2.75, 3.05) is 5.32 Å². The Balaban J connectivity index is 1.75. The van der Waals surface area contributed by atoms with Crippen molar-refractivity contribution in [3.8, 4) is 5.69 Å². The first-order valence-electron chi connectivity index (χ1n) is 7.78. The molecule has 1 aromatic carbocycles. The number of nitrogens with one attached hydrogen (secondary N) is 2. The molecule has 1 fully saturated rings. The summed E-state index contributed by atoms with van der Waals surface area (Å²) in [5, 5.41) is 3.67. The average Bonchev–Trinajstić information content (AvgIpc) is 2.90. The summed E-state index contributed by atoms with van der Waals surface area (Å²) < 4.78 is 1.61. The van der Waals surface area contributed by atoms with E-state index in [-0.39, 0.29) is 5.69 Å². The molecule has 2 N–H and O–H groups in total. The third-order valence-corrected chi connectivity index (χ3v) is 4.67. The van der Waals surface area contributed by atoms with E-state index in [1.54, 1.807) is 17.0 Å². The topological polar surface area (TPSA) is 49.8 Å². The van der Waals surface area contributed by atoms with E-state index < -0.39 is 0 Å². The first kappa shape index (κ1) is 14.0. The fraction of sp³-hybridized carbons (Fsp3) is 0.471. The molecular formula is C17H23N3O. The van der Waals surface area contributed by atoms with Gasteiger partial charge in [-0.1, -0.05) is 20.3 Å². The van der Waals surface area contributed by atoms with Crippen molar-refractivity contribution in [3.63, 3.8) is 0 Å². The van der Waals surface area contributed by atoms with E-state index in [0.29, 0.717) is 17.9 Å². The van der Waals surface area contributed by atoms with Crippen molar-refractivity contribution in [3.05, 3.63) is 47.1 Å². The molecular weight excluding hydrogens is 262 g/mol. The number of anilines is 1. The second-order valence-corrected chi connectivity index (χ2v) is 6.24. The molecule has 3 rings (SSSR count). The summed E-state index contributed by atoms with van der Waals surface area (Å²) in [6, 6.07) is 8.62. The Kier molecular flexibility index (Phi) is 3.86. The lowest BCUT2D eigenvalue weighted by Crippen LogP contribution is -2.37. The highest BCUT2D eigenvalue weighted by molar-refractivity contribution is 5.49. The fourth-order valence-electron chi connectivity index (χ4n) is 3.40. The molecule has 112 valence electrons. The van der Waals surface area contributed by atoms with Gasteiger partial charge in [0.15, 0.2) is 0 Å². The van der Waals surface area contributed by atoms with Gasteiger partial charge in [0.05, 0.1) is 5.69 Å². The number of benzene rings is 1. The Labute approximate surface area is 125 Å². The van der Waals surface area contributed by atoms with Crippen LogP contribution < -0.4 is 11.0 Å². The highest BCUT2D eigenvalue weighted by Gasteiger charge is 2.27. The largest absolute Gasteiger partial charge is 0.382 e. The molecule has 1 aromatic heterocycles. The van der Waals surface area contributed by atoms with Crippen molar-refractivity contribution in [2.24, 2.45) is 11.8 Å². The molecule has 0 amide bonds. The maximum absolute atomic E-state index is 11.6. The minimum atomic E-state index is -0.106. The van der Waals surface area contributed by atoms with Crippen LogP contribution in [-0.2, 0) is 0 Å². The van der Waals surface area contributed by atoms with Gasteiger partial charge in [0, 0.05) is 24.1 Å². The summed E-state index contributed by atoms with van der Waals surface area (Å²) >= 11 is 0. The zero-order chi connectivity index (χ0) is 14.8. The van der Waals surface area contributed by atoms with E-state index in [4.69, 9.17) is 0 Å². The Morgan fingerprint density at radius 3 is 2.38 bits per heavy atom. The van der Waals surface area contributed by atoms with Gasteiger partial charge in [0.2, 0.25) is 0 Å². The van der Waals surface area contributed by atoms with Crippen molar-refractivity contribution < 1.29 is 0 Å². The van der Waals surface area contributed by atoms with Crippen molar-refractivity contribution in [2.45, 2.75) is 39.2 Å². The fourth-order valence-corrected chi connectivity index (χ4v) is 3.40. The van der Waals surface area contributed by atoms with Gasteiger partial charge >= 0.3 is 5.69 Å². The molecule has 2 aromatic rings. The maximum atomic E-state index is 11.6. The van der Waals surface area contributed by atoms with E-state index >= 15 is 0 Å². The highest BCUT2D eigenvalue weighted by atomic mass is 16.1. The second-order valence-electron chi connectivity index (χ2n) is 6.24. The van der Waals surface area contributed by atoms with Crippen molar-refractivity contribution in [1.82, 2.24) is 9.55 Å². The lowest BCUT2D eigenvalue weighted by Gasteiger charge is -2.36. The van der Waals surface area contributed by atoms with Crippen LogP contribution in [0.1, 0.15) is 33.1 Å². The Bertz CT molecular complexity index is 631. The number of hydrogen-bond donors (Lipinski definition) is 2. The lowest BCUT2D eigenvalue weighted by atomic mass is 9.78. The Hall–Kier alpha value is -1.97. The van der Waals surface area contributed by atoms with Crippen LogP contribution in [0.15, 0.2) is 41.5 Å². The third kappa shape index (κ3) is 2.89. The van der Waals surface area contributed by atoms with Crippen LogP contribution in [0, 0.1) is 11.8 Å². The predicted molar refractivity (Wildman–Crippen MR) is 86.0 cm³/mol. The molecule has 4 heteroatoms. The van der Waals surface area contributed by atoms with E-state index in [1.807, 2.05) is 12.1 Å². The number of rotatable bonds is 3. The molecule has 4 nitrogen and oxygen atoms in total. The van der Waals surface area contributed by atoms with Crippen LogP contribution in [-0.4, -0.2) is 15.6 Å². The summed E-state index contributed by atoms with van der Waals surface area (Å²) in [5.74, 6) is 1.42. The van der Waals surface area contributed by atoms with Gasteiger partial charge in [-0.05, 0) is 48.9 Å². The van der Waals surface area contributed by atoms with Crippen LogP contribution in [0.25, 0.3) is 5.69 Å². The molecule has 0 radical (unpaired) electrons. The van der Waals surface area contributed by atoms with E-state index in [0.717, 1.165) is 11.4 Å². The number of H-pyrrole nitrogens is 1. The molecule has 1 heterocycles. The van der Waals surface area contributed by atoms with Gasteiger partial charge in [-0.15, -0.1) is 0 Å². The Morgan fingerprint density at radius 2 is 1.81 bits per heavy atom. The monoisotopic (exact) mass is 285 g/mol. The van der Waals surface area contributed by atoms with Gasteiger partial charge in [-0.3, -0.25) is 4.57 Å². The average molecular weight is 285 g/mol. The summed E-state index contributed by atoms with van der Waals surface area (Å²) in [5.41, 5.74) is 1.91. The van der Waals surface area contributed by atoms with Crippen LogP contribution >= 0.6 is 0 Å². The minimum Gasteiger partial charge on any atom is -0.382 e. The number of hydrogen-bond acceptors (Lipinski definition) is 2. The molecule has 1 aliphatic carbocycles. The van der Waals surface area contributed by atoms with Gasteiger partial charge in [-0.25, -0.2) is 4.79 Å². The molecule has 0 saturated heterocycles. The van der Waals surface area contributed by atoms with E-state index in [1.165, 1.54) is 19.3 Å². The quantitative estimate of drug-likeness (QED) is 0.908. The van der Waals surface area contributed by atoms with Crippen molar-refractivity contribution in [1.29, 1.82) is 0 Å². The molecule has 2 atom stereocenters. The highest BCUT2D eigenvalue weighted by Crippen LogP contribution is 2.31. The van der Waals surface area contributed by atoms with Crippen LogP contribution in [0.5, 0.6) is 0 Å². The van der Waals surface area contributed by atoms with Gasteiger partial charge in [0.25, 0.3) is 0 Å². The van der Waals surface area contributed by atoms with Crippen molar-refractivity contribution >= 4 is 5.69 Å². The van der Waals surface area contributed by atoms with Gasteiger partial charge in [-0.2, -0.15) is 0 Å². The summed E-state index contributed by atoms with van der Waals surface area (Å²) in [4.78, 5) is 14.2. The second kappa shape index (κ2) is 5.80. The zero-order valence-electron chi connectivity index (χ0n) is 12.7. The number of imidazole rings is 1. The van der Waals surface area contributed by atoms with E-state index in [2.05, 4.69) is 36.3 Å². The molecule has 0 aliphatic heterocycles. The first-order chi connectivity index (χ1) is 10.1. The standard InChI is InChI=1S/C17H23N3O/c1-12-4-3-5-13(2)16(12)19-14-6-8-15(9-7-14)20-11-10-18-17(20)21/h6-13,16,19H,3-5H2,1-2H3,(H,18,21). The molecule has 1 saturated carbocycles. The van der Waals surface area contributed by atoms with Crippen LogP contribution in [0.2, 0.25) is 0 Å². The molecule has 0 bridgehead atoms. The summed E-state index contributed by atoms with van der Waals surface area (Å²) in [6.07, 6.45) is 7.35. The Morgan fingerprint density at radius 1 is 1.14 bits per heavy atom. The normalized spacial score (nSPS) is 25.7. The molecule has 2 unspecified atom stereocenters. The van der Waals surface area contributed by atoms with Gasteiger partial charge in [0.1, 0.15) is 0 Å². The maximum Gasteiger partial charge on any atom is 0.330 e. The number of nitrogens with zero attached hydrogens (tertiary/aromatic N) is 1. The minimum absolute atomic E-state index is 0.106. The summed E-state index contributed by atoms with van der Waals surface area (Å²) in [7, 11) is 0. The SMILES string of the molecule is CC1CCCC(C)C1Nc1ccc(-n2cc[nH]c2=O)cc1. The predicted octanol–water partition coefficient (Wildman–Crippen LogP) is 3.40. The zero-order valence-corrected chi connectivity index (χ0v) is 12.7. The molecule has 0 spiro atoms. The lowest BCUT2D eigenvalue weighted by molar-refractivity contribution is 0.268. The molecule has 21 heavy (non-hydrogen) atoms. The smallest absolute Gasteiger partial charge is 0.330 e.